The standard InChI is InChI=1S/C24H23ClFN3O3/c1-29-11-3-6-19(22(29)21(27)16-10-9-14(24(31)32)12-18(16)26)28-23(30)20-15(13-7-8-13)4-2-5-17(20)25/h2,4-5,9-10,12-13,27H,3,6-8,11H2,1H3,(H,28,30)(H,31,32). The van der Waals surface area contributed by atoms with E-state index in [4.69, 9.17) is 22.1 Å². The topological polar surface area (TPSA) is 93.5 Å². The highest BCUT2D eigenvalue weighted by Gasteiger charge is 2.31. The number of benzene rings is 2. The summed E-state index contributed by atoms with van der Waals surface area (Å²) >= 11 is 6.37. The molecule has 0 spiro atoms. The minimum atomic E-state index is -1.24. The molecule has 1 aliphatic carbocycles. The van der Waals surface area contributed by atoms with E-state index in [-0.39, 0.29) is 22.7 Å². The second-order valence-electron chi connectivity index (χ2n) is 8.16. The maximum Gasteiger partial charge on any atom is 0.335 e. The van der Waals surface area contributed by atoms with Gasteiger partial charge in [-0.1, -0.05) is 23.7 Å². The molecule has 2 aromatic rings. The van der Waals surface area contributed by atoms with Gasteiger partial charge >= 0.3 is 5.97 Å². The Balaban J connectivity index is 1.70. The van der Waals surface area contributed by atoms with Gasteiger partial charge in [0.05, 0.1) is 27.6 Å². The summed E-state index contributed by atoms with van der Waals surface area (Å²) in [6.45, 7) is 0.644. The number of amides is 1. The fourth-order valence-corrected chi connectivity index (χ4v) is 4.38. The van der Waals surface area contributed by atoms with Crippen LogP contribution in [0.2, 0.25) is 5.02 Å². The number of likely N-dealkylation sites (N-methyl/N-ethyl adjacent to an activating group) is 1. The first-order valence-corrected chi connectivity index (χ1v) is 10.8. The second-order valence-corrected chi connectivity index (χ2v) is 8.57. The van der Waals surface area contributed by atoms with Gasteiger partial charge in [0.2, 0.25) is 0 Å². The van der Waals surface area contributed by atoms with E-state index in [1.807, 2.05) is 12.1 Å². The van der Waals surface area contributed by atoms with Crippen molar-refractivity contribution < 1.29 is 19.1 Å². The number of halogens is 2. The molecule has 32 heavy (non-hydrogen) atoms. The van der Waals surface area contributed by atoms with E-state index in [1.165, 1.54) is 12.1 Å². The quantitative estimate of drug-likeness (QED) is 0.546. The molecule has 8 heteroatoms. The molecule has 6 nitrogen and oxygen atoms in total. The van der Waals surface area contributed by atoms with E-state index in [9.17, 15) is 14.0 Å². The Morgan fingerprint density at radius 1 is 1.25 bits per heavy atom. The average molecular weight is 456 g/mol. The van der Waals surface area contributed by atoms with Gasteiger partial charge in [-0.05, 0) is 61.4 Å². The molecular weight excluding hydrogens is 433 g/mol. The average Bonchev–Trinajstić information content (AvgIpc) is 3.58. The summed E-state index contributed by atoms with van der Waals surface area (Å²) in [6, 6.07) is 8.90. The Labute approximate surface area is 190 Å². The van der Waals surface area contributed by atoms with E-state index >= 15 is 0 Å². The Bertz CT molecular complexity index is 1160. The summed E-state index contributed by atoms with van der Waals surface area (Å²) in [5.74, 6) is -2.05. The van der Waals surface area contributed by atoms with Gasteiger partial charge in [0.1, 0.15) is 5.82 Å². The predicted octanol–water partition coefficient (Wildman–Crippen LogP) is 4.79. The third-order valence-corrected chi connectivity index (χ3v) is 6.18. The van der Waals surface area contributed by atoms with Gasteiger partial charge in [-0.2, -0.15) is 0 Å². The Hall–Kier alpha value is -3.19. The van der Waals surface area contributed by atoms with Crippen LogP contribution in [0.5, 0.6) is 0 Å². The molecule has 0 atom stereocenters. The highest BCUT2D eigenvalue weighted by atomic mass is 35.5. The number of nitrogens with zero attached hydrogens (tertiary/aromatic N) is 1. The first-order chi connectivity index (χ1) is 15.3. The molecular formula is C24H23ClFN3O3. The molecule has 0 unspecified atom stereocenters. The lowest BCUT2D eigenvalue weighted by Gasteiger charge is -2.31. The van der Waals surface area contributed by atoms with E-state index < -0.39 is 11.8 Å². The minimum absolute atomic E-state index is 0.0260. The van der Waals surface area contributed by atoms with Gasteiger partial charge in [0.15, 0.2) is 0 Å². The van der Waals surface area contributed by atoms with Crippen LogP contribution in [-0.2, 0) is 0 Å². The molecule has 3 N–H and O–H groups in total. The van der Waals surface area contributed by atoms with Crippen molar-refractivity contribution in [1.29, 1.82) is 5.41 Å². The molecule has 4 rings (SSSR count). The summed E-state index contributed by atoms with van der Waals surface area (Å²) in [4.78, 5) is 26.1. The fraction of sp³-hybridized carbons (Fsp3) is 0.292. The van der Waals surface area contributed by atoms with Gasteiger partial charge in [-0.15, -0.1) is 0 Å². The SMILES string of the molecule is CN1CCCC(NC(=O)c2c(Cl)cccc2C2CC2)=C1C(=N)c1ccc(C(=O)O)cc1F. The van der Waals surface area contributed by atoms with Crippen molar-refractivity contribution in [2.45, 2.75) is 31.6 Å². The molecule has 1 heterocycles. The molecule has 1 saturated carbocycles. The number of allylic oxidation sites excluding steroid dienone is 2. The van der Waals surface area contributed by atoms with Crippen molar-refractivity contribution in [3.05, 3.63) is 80.9 Å². The van der Waals surface area contributed by atoms with E-state index in [2.05, 4.69) is 5.32 Å². The first-order valence-electron chi connectivity index (χ1n) is 10.4. The van der Waals surface area contributed by atoms with Gasteiger partial charge in [-0.3, -0.25) is 10.2 Å². The zero-order chi connectivity index (χ0) is 23.0. The Morgan fingerprint density at radius 2 is 2.00 bits per heavy atom. The number of nitrogens with one attached hydrogen (secondary N) is 2. The molecule has 1 aliphatic heterocycles. The number of carbonyl (C=O) groups excluding carboxylic acids is 1. The molecule has 0 aromatic heterocycles. The summed E-state index contributed by atoms with van der Waals surface area (Å²) in [7, 11) is 1.78. The third kappa shape index (κ3) is 4.25. The van der Waals surface area contributed by atoms with Crippen molar-refractivity contribution in [1.82, 2.24) is 10.2 Å². The first kappa shape index (κ1) is 22.0. The monoisotopic (exact) mass is 455 g/mol. The van der Waals surface area contributed by atoms with E-state index in [0.29, 0.717) is 40.9 Å². The zero-order valence-corrected chi connectivity index (χ0v) is 18.3. The minimum Gasteiger partial charge on any atom is -0.478 e. The molecule has 0 saturated heterocycles. The number of carboxylic acids is 1. The van der Waals surface area contributed by atoms with Gasteiger partial charge < -0.3 is 15.3 Å². The predicted molar refractivity (Wildman–Crippen MR) is 120 cm³/mol. The highest BCUT2D eigenvalue weighted by Crippen LogP contribution is 2.43. The number of carboxylic acid groups (broad SMARTS) is 1. The maximum atomic E-state index is 14.6. The largest absolute Gasteiger partial charge is 0.478 e. The van der Waals surface area contributed by atoms with Crippen LogP contribution in [0.1, 0.15) is 63.4 Å². The Morgan fingerprint density at radius 3 is 2.66 bits per heavy atom. The normalized spacial score (nSPS) is 16.2. The highest BCUT2D eigenvalue weighted by molar-refractivity contribution is 6.34. The molecule has 0 radical (unpaired) electrons. The summed E-state index contributed by atoms with van der Waals surface area (Å²) in [5.41, 5.74) is 1.97. The second kappa shape index (κ2) is 8.74. The van der Waals surface area contributed by atoms with Crippen LogP contribution < -0.4 is 5.32 Å². The van der Waals surface area contributed by atoms with Crippen molar-refractivity contribution >= 4 is 29.2 Å². The number of hydrogen-bond donors (Lipinski definition) is 3. The van der Waals surface area contributed by atoms with Crippen LogP contribution in [0.4, 0.5) is 4.39 Å². The zero-order valence-electron chi connectivity index (χ0n) is 17.5. The maximum absolute atomic E-state index is 14.6. The van der Waals surface area contributed by atoms with Gasteiger partial charge in [0.25, 0.3) is 5.91 Å². The van der Waals surface area contributed by atoms with Crippen molar-refractivity contribution in [3.8, 4) is 0 Å². The van der Waals surface area contributed by atoms with Crippen LogP contribution in [0.3, 0.4) is 0 Å². The van der Waals surface area contributed by atoms with E-state index in [1.54, 1.807) is 18.0 Å². The molecule has 2 aliphatic rings. The molecule has 166 valence electrons. The van der Waals surface area contributed by atoms with Crippen molar-refractivity contribution in [2.24, 2.45) is 0 Å². The molecule has 1 fully saturated rings. The Kier molecular flexibility index (Phi) is 6.02. The number of hydrogen-bond acceptors (Lipinski definition) is 4. The van der Waals surface area contributed by atoms with Crippen LogP contribution in [-0.4, -0.2) is 41.2 Å². The smallest absolute Gasteiger partial charge is 0.335 e. The van der Waals surface area contributed by atoms with Crippen LogP contribution in [0.15, 0.2) is 47.8 Å². The number of aromatic carboxylic acids is 1. The molecule has 2 aromatic carbocycles. The number of carbonyl (C=O) groups is 2. The summed E-state index contributed by atoms with van der Waals surface area (Å²) in [5, 5.41) is 21.0. The number of rotatable bonds is 6. The fourth-order valence-electron chi connectivity index (χ4n) is 4.11. The lowest BCUT2D eigenvalue weighted by Crippen LogP contribution is -2.36. The van der Waals surface area contributed by atoms with Crippen LogP contribution in [0.25, 0.3) is 0 Å². The van der Waals surface area contributed by atoms with Crippen molar-refractivity contribution in [2.75, 3.05) is 13.6 Å². The third-order valence-electron chi connectivity index (χ3n) is 5.86. The summed E-state index contributed by atoms with van der Waals surface area (Å²) < 4.78 is 14.6. The summed E-state index contributed by atoms with van der Waals surface area (Å²) in [6.07, 6.45) is 3.33. The molecule has 0 bridgehead atoms. The van der Waals surface area contributed by atoms with Crippen LogP contribution >= 0.6 is 11.6 Å². The molecule has 1 amide bonds. The van der Waals surface area contributed by atoms with Gasteiger partial charge in [0, 0.05) is 24.9 Å². The van der Waals surface area contributed by atoms with Crippen LogP contribution in [0, 0.1) is 11.2 Å². The lowest BCUT2D eigenvalue weighted by molar-refractivity contribution is 0.0696. The van der Waals surface area contributed by atoms with E-state index in [0.717, 1.165) is 30.9 Å². The van der Waals surface area contributed by atoms with Crippen molar-refractivity contribution in [3.63, 3.8) is 0 Å². The lowest BCUT2D eigenvalue weighted by atomic mass is 9.97. The van der Waals surface area contributed by atoms with Gasteiger partial charge in [-0.25, -0.2) is 9.18 Å².